The minimum Gasteiger partial charge on any atom is -0.503 e. The van der Waals surface area contributed by atoms with Crippen LogP contribution in [0.25, 0.3) is 0 Å². The van der Waals surface area contributed by atoms with Crippen LogP contribution in [-0.2, 0) is 16.0 Å². The van der Waals surface area contributed by atoms with Gasteiger partial charge in [-0.1, -0.05) is 48.0 Å². The van der Waals surface area contributed by atoms with Crippen molar-refractivity contribution in [2.75, 3.05) is 7.11 Å². The zero-order valence-electron chi connectivity index (χ0n) is 23.0. The van der Waals surface area contributed by atoms with Crippen molar-refractivity contribution in [3.8, 4) is 17.2 Å². The molecule has 208 valence electrons. The Balaban J connectivity index is 1.77. The summed E-state index contributed by atoms with van der Waals surface area (Å²) in [5.74, 6) is -1.44. The Morgan fingerprint density at radius 3 is 2.41 bits per heavy atom. The molecule has 1 heterocycles. The molecule has 39 heavy (non-hydrogen) atoms. The minimum absolute atomic E-state index is 0.0960. The number of aryl methyl sites for hydroxylation is 1. The van der Waals surface area contributed by atoms with Crippen LogP contribution in [-0.4, -0.2) is 46.8 Å². The highest BCUT2D eigenvalue weighted by molar-refractivity contribution is 6.32. The maximum atomic E-state index is 13.1. The molecule has 1 amide bonds. The molecule has 0 saturated carbocycles. The summed E-state index contributed by atoms with van der Waals surface area (Å²) in [6, 6.07) is 15.9. The lowest BCUT2D eigenvalue weighted by atomic mass is 9.81. The zero-order valence-corrected chi connectivity index (χ0v) is 23.8. The van der Waals surface area contributed by atoms with Gasteiger partial charge in [0.2, 0.25) is 0 Å². The van der Waals surface area contributed by atoms with Gasteiger partial charge in [-0.05, 0) is 64.3 Å². The van der Waals surface area contributed by atoms with E-state index in [2.05, 4.69) is 10.3 Å². The first-order valence-corrected chi connectivity index (χ1v) is 13.0. The van der Waals surface area contributed by atoms with E-state index in [9.17, 15) is 14.7 Å². The number of halogens is 1. The molecule has 2 N–H and O–H groups in total. The topological polar surface area (TPSA) is 107 Å². The van der Waals surface area contributed by atoms with Gasteiger partial charge in [0.05, 0.1) is 12.1 Å². The van der Waals surface area contributed by atoms with Gasteiger partial charge in [-0.25, -0.2) is 9.78 Å². The second-order valence-electron chi connectivity index (χ2n) is 9.98. The molecule has 1 aromatic heterocycles. The molecule has 0 radical (unpaired) electrons. The van der Waals surface area contributed by atoms with Crippen LogP contribution in [0.4, 0.5) is 0 Å². The number of nitrogens with one attached hydrogen (secondary N) is 1. The van der Waals surface area contributed by atoms with Crippen molar-refractivity contribution in [2.24, 2.45) is 5.92 Å². The molecule has 3 rings (SSSR count). The maximum Gasteiger partial charge on any atom is 0.328 e. The van der Waals surface area contributed by atoms with Crippen molar-refractivity contribution in [3.05, 3.63) is 82.6 Å². The molecule has 3 aromatic rings. The number of carbonyl (C=O) groups excluding carboxylic acids is 2. The number of methoxy groups -OCH3 is 1. The molecule has 0 aliphatic rings. The molecule has 2 aromatic carbocycles. The summed E-state index contributed by atoms with van der Waals surface area (Å²) in [5, 5.41) is 13.3. The lowest BCUT2D eigenvalue weighted by Gasteiger charge is -2.38. The molecule has 0 bridgehead atoms. The summed E-state index contributed by atoms with van der Waals surface area (Å²) in [6.45, 7) is 9.13. The quantitative estimate of drug-likeness (QED) is 0.300. The summed E-state index contributed by atoms with van der Waals surface area (Å²) >= 11 is 6.45. The number of hydrogen-bond acceptors (Lipinski definition) is 7. The highest BCUT2D eigenvalue weighted by atomic mass is 35.5. The first-order valence-electron chi connectivity index (χ1n) is 12.6. The largest absolute Gasteiger partial charge is 0.503 e. The van der Waals surface area contributed by atoms with Gasteiger partial charge in [0, 0.05) is 18.2 Å². The first-order chi connectivity index (χ1) is 18.4. The van der Waals surface area contributed by atoms with Crippen molar-refractivity contribution in [1.82, 2.24) is 10.3 Å². The fourth-order valence-corrected chi connectivity index (χ4v) is 4.62. The smallest absolute Gasteiger partial charge is 0.328 e. The van der Waals surface area contributed by atoms with E-state index in [0.29, 0.717) is 17.2 Å². The summed E-state index contributed by atoms with van der Waals surface area (Å²) in [4.78, 5) is 29.7. The number of esters is 1. The second-order valence-corrected chi connectivity index (χ2v) is 10.4. The Morgan fingerprint density at radius 2 is 1.77 bits per heavy atom. The third-order valence-corrected chi connectivity index (χ3v) is 6.84. The third-order valence-electron chi connectivity index (χ3n) is 6.54. The molecule has 0 unspecified atom stereocenters. The predicted octanol–water partition coefficient (Wildman–Crippen LogP) is 5.52. The molecule has 8 nitrogen and oxygen atoms in total. The van der Waals surface area contributed by atoms with E-state index in [-0.39, 0.29) is 17.4 Å². The van der Waals surface area contributed by atoms with Gasteiger partial charge in [0.25, 0.3) is 5.91 Å². The van der Waals surface area contributed by atoms with Gasteiger partial charge in [-0.2, -0.15) is 0 Å². The van der Waals surface area contributed by atoms with E-state index < -0.39 is 35.4 Å². The van der Waals surface area contributed by atoms with E-state index in [1.54, 1.807) is 6.92 Å². The molecule has 0 spiro atoms. The van der Waals surface area contributed by atoms with Gasteiger partial charge < -0.3 is 24.6 Å². The number of amides is 1. The Morgan fingerprint density at radius 1 is 1.08 bits per heavy atom. The van der Waals surface area contributed by atoms with E-state index >= 15 is 0 Å². The SMILES string of the molecule is COc1ccnc(C(=O)N[C@@H](C)C(=O)O[C@@H](C)[C@H](Cc2ccccc2)C(C)(C)Oc2ccc(C)cc2Cl)c1O. The van der Waals surface area contributed by atoms with E-state index in [1.165, 1.54) is 26.3 Å². The number of aromatic nitrogens is 1. The van der Waals surface area contributed by atoms with Gasteiger partial charge in [-0.3, -0.25) is 4.79 Å². The molecule has 0 fully saturated rings. The van der Waals surface area contributed by atoms with Crippen LogP contribution in [0.1, 0.15) is 49.3 Å². The fourth-order valence-electron chi connectivity index (χ4n) is 4.35. The number of ether oxygens (including phenoxy) is 3. The van der Waals surface area contributed by atoms with Crippen molar-refractivity contribution < 1.29 is 28.9 Å². The number of hydrogen-bond donors (Lipinski definition) is 2. The van der Waals surface area contributed by atoms with Crippen LogP contribution < -0.4 is 14.8 Å². The van der Waals surface area contributed by atoms with E-state index in [0.717, 1.165) is 11.1 Å². The minimum atomic E-state index is -1.01. The number of nitrogens with zero attached hydrogens (tertiary/aromatic N) is 1. The average Bonchev–Trinajstić information content (AvgIpc) is 2.89. The number of rotatable bonds is 11. The monoisotopic (exact) mass is 554 g/mol. The average molecular weight is 555 g/mol. The molecule has 0 aliphatic heterocycles. The number of pyridine rings is 1. The number of aromatic hydroxyl groups is 1. The summed E-state index contributed by atoms with van der Waals surface area (Å²) < 4.78 is 17.3. The van der Waals surface area contributed by atoms with Crippen LogP contribution in [0, 0.1) is 12.8 Å². The Bertz CT molecular complexity index is 1300. The van der Waals surface area contributed by atoms with Crippen molar-refractivity contribution in [2.45, 2.75) is 58.8 Å². The van der Waals surface area contributed by atoms with Gasteiger partial charge in [0.1, 0.15) is 23.5 Å². The van der Waals surface area contributed by atoms with Gasteiger partial charge in [0.15, 0.2) is 17.2 Å². The van der Waals surface area contributed by atoms with Crippen LogP contribution in [0.3, 0.4) is 0 Å². The lowest BCUT2D eigenvalue weighted by Crippen LogP contribution is -2.48. The number of benzene rings is 2. The molecular formula is C30H35ClN2O6. The molecule has 9 heteroatoms. The van der Waals surface area contributed by atoms with E-state index in [1.807, 2.05) is 69.3 Å². The van der Waals surface area contributed by atoms with E-state index in [4.69, 9.17) is 25.8 Å². The Kier molecular flexibility index (Phi) is 9.81. The van der Waals surface area contributed by atoms with Crippen LogP contribution >= 0.6 is 11.6 Å². The van der Waals surface area contributed by atoms with Crippen LogP contribution in [0.2, 0.25) is 5.02 Å². The van der Waals surface area contributed by atoms with Crippen molar-refractivity contribution in [3.63, 3.8) is 0 Å². The molecule has 0 aliphatic carbocycles. The summed E-state index contributed by atoms with van der Waals surface area (Å²) in [5.41, 5.74) is 1.02. The van der Waals surface area contributed by atoms with Gasteiger partial charge >= 0.3 is 5.97 Å². The molecule has 3 atom stereocenters. The molecular weight excluding hydrogens is 520 g/mol. The van der Waals surface area contributed by atoms with Crippen molar-refractivity contribution >= 4 is 23.5 Å². The fraction of sp³-hybridized carbons (Fsp3) is 0.367. The highest BCUT2D eigenvalue weighted by Gasteiger charge is 2.39. The summed E-state index contributed by atoms with van der Waals surface area (Å²) in [6.07, 6.45) is 1.29. The van der Waals surface area contributed by atoms with Crippen LogP contribution in [0.5, 0.6) is 17.2 Å². The second kappa shape index (κ2) is 12.8. The molecule has 0 saturated heterocycles. The Hall–Kier alpha value is -3.78. The van der Waals surface area contributed by atoms with Gasteiger partial charge in [-0.15, -0.1) is 0 Å². The lowest BCUT2D eigenvalue weighted by molar-refractivity contribution is -0.156. The highest BCUT2D eigenvalue weighted by Crippen LogP contribution is 2.35. The number of carbonyl (C=O) groups is 2. The standard InChI is InChI=1S/C30H35ClN2O6/c1-18-12-13-24(23(31)16-18)39-30(4,5)22(17-21-10-8-7-9-11-21)20(3)38-29(36)19(2)33-28(35)26-27(34)25(37-6)14-15-32-26/h7-16,19-20,22,34H,17H2,1-6H3,(H,33,35)/t19-,20-,22-/m0/s1. The normalized spacial score (nSPS) is 13.6. The van der Waals surface area contributed by atoms with Crippen LogP contribution in [0.15, 0.2) is 60.8 Å². The third kappa shape index (κ3) is 7.63. The first kappa shape index (κ1) is 29.8. The van der Waals surface area contributed by atoms with Crippen molar-refractivity contribution in [1.29, 1.82) is 0 Å². The predicted molar refractivity (Wildman–Crippen MR) is 149 cm³/mol. The zero-order chi connectivity index (χ0) is 28.7. The maximum absolute atomic E-state index is 13.1. The Labute approximate surface area is 234 Å². The summed E-state index contributed by atoms with van der Waals surface area (Å²) in [7, 11) is 1.36.